The zero-order valence-corrected chi connectivity index (χ0v) is 14.5. The fourth-order valence-corrected chi connectivity index (χ4v) is 2.68. The number of aryl methyl sites for hydroxylation is 1. The Morgan fingerprint density at radius 2 is 1.95 bits per heavy atom. The number of thiophene rings is 1. The van der Waals surface area contributed by atoms with E-state index in [4.69, 9.17) is 10.00 Å². The van der Waals surface area contributed by atoms with Gasteiger partial charge in [-0.05, 0) is 25.8 Å². The van der Waals surface area contributed by atoms with Gasteiger partial charge in [-0.3, -0.25) is 4.79 Å². The second kappa shape index (κ2) is 7.41. The summed E-state index contributed by atoms with van der Waals surface area (Å²) in [5, 5.41) is 11.8. The molecule has 1 rings (SSSR count). The van der Waals surface area contributed by atoms with Crippen molar-refractivity contribution in [3.63, 3.8) is 0 Å². The standard InChI is InChI=1S/C16H22N2O3S/c1-10-11(2)22-13(18-15(20)16(3,4)5)12(10)14(19)21-9-7-6-8-17/h6-7,9H2,1-5H3,(H,18,20). The van der Waals surface area contributed by atoms with Gasteiger partial charge in [-0.1, -0.05) is 20.8 Å². The van der Waals surface area contributed by atoms with E-state index in [9.17, 15) is 9.59 Å². The first kappa shape index (κ1) is 18.2. The molecule has 5 nitrogen and oxygen atoms in total. The van der Waals surface area contributed by atoms with Crippen molar-refractivity contribution in [3.05, 3.63) is 16.0 Å². The molecule has 120 valence electrons. The third-order valence-corrected chi connectivity index (χ3v) is 4.29. The Morgan fingerprint density at radius 3 is 2.50 bits per heavy atom. The normalized spacial score (nSPS) is 10.9. The molecule has 1 aromatic rings. The van der Waals surface area contributed by atoms with Crippen molar-refractivity contribution in [2.45, 2.75) is 47.5 Å². The molecule has 1 amide bonds. The van der Waals surface area contributed by atoms with Gasteiger partial charge in [0.15, 0.2) is 0 Å². The maximum atomic E-state index is 12.2. The number of nitriles is 1. The fourth-order valence-electron chi connectivity index (χ4n) is 1.64. The van der Waals surface area contributed by atoms with Crippen molar-refractivity contribution < 1.29 is 14.3 Å². The predicted molar refractivity (Wildman–Crippen MR) is 87.0 cm³/mol. The van der Waals surface area contributed by atoms with Crippen LogP contribution >= 0.6 is 11.3 Å². The van der Waals surface area contributed by atoms with Gasteiger partial charge in [-0.2, -0.15) is 5.26 Å². The zero-order valence-electron chi connectivity index (χ0n) is 13.7. The molecule has 0 saturated heterocycles. The summed E-state index contributed by atoms with van der Waals surface area (Å²) in [4.78, 5) is 25.3. The van der Waals surface area contributed by atoms with Crippen molar-refractivity contribution in [1.29, 1.82) is 5.26 Å². The Morgan fingerprint density at radius 1 is 1.32 bits per heavy atom. The SMILES string of the molecule is Cc1sc(NC(=O)C(C)(C)C)c(C(=O)OCCCC#N)c1C. The summed E-state index contributed by atoms with van der Waals surface area (Å²) in [5.74, 6) is -0.601. The van der Waals surface area contributed by atoms with Crippen molar-refractivity contribution >= 4 is 28.2 Å². The minimum absolute atomic E-state index is 0.146. The van der Waals surface area contributed by atoms with Crippen molar-refractivity contribution in [3.8, 4) is 6.07 Å². The molecule has 0 aliphatic rings. The van der Waals surface area contributed by atoms with Gasteiger partial charge in [0.25, 0.3) is 0 Å². The first-order chi connectivity index (χ1) is 10.2. The number of carbonyl (C=O) groups excluding carboxylic acids is 2. The summed E-state index contributed by atoms with van der Waals surface area (Å²) in [6, 6.07) is 2.00. The lowest BCUT2D eigenvalue weighted by molar-refractivity contribution is -0.123. The third kappa shape index (κ3) is 4.57. The number of nitrogens with zero attached hydrogens (tertiary/aromatic N) is 1. The van der Waals surface area contributed by atoms with Gasteiger partial charge in [-0.25, -0.2) is 4.79 Å². The van der Waals surface area contributed by atoms with Crippen LogP contribution in [0.25, 0.3) is 0 Å². The Balaban J connectivity index is 2.92. The van der Waals surface area contributed by atoms with Crippen LogP contribution in [-0.2, 0) is 9.53 Å². The molecular formula is C16H22N2O3S. The van der Waals surface area contributed by atoms with Crippen molar-refractivity contribution in [2.24, 2.45) is 5.41 Å². The van der Waals surface area contributed by atoms with E-state index in [0.29, 0.717) is 23.4 Å². The molecule has 0 radical (unpaired) electrons. The van der Waals surface area contributed by atoms with Gasteiger partial charge < -0.3 is 10.1 Å². The van der Waals surface area contributed by atoms with E-state index in [1.165, 1.54) is 11.3 Å². The number of unbranched alkanes of at least 4 members (excludes halogenated alkanes) is 1. The molecule has 0 spiro atoms. The van der Waals surface area contributed by atoms with Crippen LogP contribution < -0.4 is 5.32 Å². The number of ether oxygens (including phenoxy) is 1. The number of esters is 1. The Labute approximate surface area is 135 Å². The smallest absolute Gasteiger partial charge is 0.341 e. The average Bonchev–Trinajstić information content (AvgIpc) is 2.69. The van der Waals surface area contributed by atoms with Gasteiger partial charge in [0.1, 0.15) is 5.00 Å². The summed E-state index contributed by atoms with van der Waals surface area (Å²) in [6.45, 7) is 9.39. The summed E-state index contributed by atoms with van der Waals surface area (Å²) < 4.78 is 5.20. The number of hydrogen-bond donors (Lipinski definition) is 1. The summed E-state index contributed by atoms with van der Waals surface area (Å²) in [7, 11) is 0. The van der Waals surface area contributed by atoms with Crippen LogP contribution in [0.2, 0.25) is 0 Å². The molecule has 0 unspecified atom stereocenters. The number of amides is 1. The van der Waals surface area contributed by atoms with Gasteiger partial charge >= 0.3 is 5.97 Å². The molecule has 6 heteroatoms. The topological polar surface area (TPSA) is 79.2 Å². The molecule has 0 atom stereocenters. The second-order valence-electron chi connectivity index (χ2n) is 6.09. The van der Waals surface area contributed by atoms with Crippen LogP contribution in [0, 0.1) is 30.6 Å². The molecule has 0 aromatic carbocycles. The molecule has 1 aromatic heterocycles. The highest BCUT2D eigenvalue weighted by molar-refractivity contribution is 7.16. The van der Waals surface area contributed by atoms with Gasteiger partial charge in [0.2, 0.25) is 5.91 Å². The Hall–Kier alpha value is -1.87. The third-order valence-electron chi connectivity index (χ3n) is 3.16. The molecular weight excluding hydrogens is 300 g/mol. The minimum atomic E-state index is -0.542. The van der Waals surface area contributed by atoms with E-state index in [1.54, 1.807) is 0 Å². The highest BCUT2D eigenvalue weighted by Gasteiger charge is 2.26. The zero-order chi connectivity index (χ0) is 16.9. The lowest BCUT2D eigenvalue weighted by Crippen LogP contribution is -2.28. The Bertz CT molecular complexity index is 606. The quantitative estimate of drug-likeness (QED) is 0.660. The first-order valence-electron chi connectivity index (χ1n) is 7.14. The maximum Gasteiger partial charge on any atom is 0.341 e. The monoisotopic (exact) mass is 322 g/mol. The maximum absolute atomic E-state index is 12.2. The number of carbonyl (C=O) groups is 2. The predicted octanol–water partition coefficient (Wildman–Crippen LogP) is 3.81. The molecule has 0 fully saturated rings. The number of hydrogen-bond acceptors (Lipinski definition) is 5. The molecule has 0 aliphatic carbocycles. The van der Waals surface area contributed by atoms with E-state index in [0.717, 1.165) is 10.4 Å². The molecule has 0 saturated carbocycles. The molecule has 0 aliphatic heterocycles. The molecule has 22 heavy (non-hydrogen) atoms. The van der Waals surface area contributed by atoms with Crippen LogP contribution in [-0.4, -0.2) is 18.5 Å². The molecule has 1 N–H and O–H groups in total. The van der Waals surface area contributed by atoms with Crippen molar-refractivity contribution in [1.82, 2.24) is 0 Å². The largest absolute Gasteiger partial charge is 0.462 e. The highest BCUT2D eigenvalue weighted by Crippen LogP contribution is 2.34. The van der Waals surface area contributed by atoms with Crippen LogP contribution in [0.1, 0.15) is 54.4 Å². The molecule has 1 heterocycles. The lowest BCUT2D eigenvalue weighted by atomic mass is 9.96. The number of anilines is 1. The van der Waals surface area contributed by atoms with Gasteiger partial charge in [0.05, 0.1) is 18.2 Å². The Kier molecular flexibility index (Phi) is 6.12. The minimum Gasteiger partial charge on any atom is -0.462 e. The molecule has 0 bridgehead atoms. The number of rotatable bonds is 5. The fraction of sp³-hybridized carbons (Fsp3) is 0.562. The van der Waals surface area contributed by atoms with E-state index >= 15 is 0 Å². The highest BCUT2D eigenvalue weighted by atomic mass is 32.1. The lowest BCUT2D eigenvalue weighted by Gasteiger charge is -2.17. The van der Waals surface area contributed by atoms with Gasteiger partial charge in [0, 0.05) is 16.7 Å². The van der Waals surface area contributed by atoms with Crippen molar-refractivity contribution in [2.75, 3.05) is 11.9 Å². The van der Waals surface area contributed by atoms with Crippen LogP contribution in [0.4, 0.5) is 5.00 Å². The summed E-state index contributed by atoms with van der Waals surface area (Å²) in [6.07, 6.45) is 0.858. The van der Waals surface area contributed by atoms with E-state index in [1.807, 2.05) is 40.7 Å². The van der Waals surface area contributed by atoms with E-state index in [2.05, 4.69) is 5.32 Å². The van der Waals surface area contributed by atoms with E-state index < -0.39 is 11.4 Å². The van der Waals surface area contributed by atoms with E-state index in [-0.39, 0.29) is 12.5 Å². The van der Waals surface area contributed by atoms with Crippen LogP contribution in [0.15, 0.2) is 0 Å². The summed E-state index contributed by atoms with van der Waals surface area (Å²) >= 11 is 1.37. The average molecular weight is 322 g/mol. The summed E-state index contributed by atoms with van der Waals surface area (Å²) in [5.41, 5.74) is 0.691. The van der Waals surface area contributed by atoms with Crippen LogP contribution in [0.5, 0.6) is 0 Å². The second-order valence-corrected chi connectivity index (χ2v) is 7.31. The number of nitrogens with one attached hydrogen (secondary N) is 1. The van der Waals surface area contributed by atoms with Crippen LogP contribution in [0.3, 0.4) is 0 Å². The first-order valence-corrected chi connectivity index (χ1v) is 7.95. The van der Waals surface area contributed by atoms with Gasteiger partial charge in [-0.15, -0.1) is 11.3 Å².